The second-order valence-corrected chi connectivity index (χ2v) is 10.1. The van der Waals surface area contributed by atoms with E-state index in [-0.39, 0.29) is 10.8 Å². The first-order valence-corrected chi connectivity index (χ1v) is 11.3. The molecular formula is C18H22ClN3O3S2. The molecule has 2 aromatic rings. The van der Waals surface area contributed by atoms with Crippen LogP contribution in [-0.4, -0.2) is 50.3 Å². The molecule has 0 atom stereocenters. The average Bonchev–Trinajstić information content (AvgIpc) is 3.01. The van der Waals surface area contributed by atoms with Crippen molar-refractivity contribution in [2.75, 3.05) is 26.2 Å². The Labute approximate surface area is 168 Å². The van der Waals surface area contributed by atoms with Crippen LogP contribution in [-0.2, 0) is 16.6 Å². The fourth-order valence-corrected chi connectivity index (χ4v) is 5.20. The number of carbonyl (C=O) groups is 1. The fourth-order valence-electron chi connectivity index (χ4n) is 3.19. The van der Waals surface area contributed by atoms with Crippen LogP contribution in [0.1, 0.15) is 26.4 Å². The Morgan fingerprint density at radius 2 is 1.85 bits per heavy atom. The summed E-state index contributed by atoms with van der Waals surface area (Å²) in [4.78, 5) is 18.1. The van der Waals surface area contributed by atoms with E-state index in [0.29, 0.717) is 24.2 Å². The van der Waals surface area contributed by atoms with Crippen molar-refractivity contribution < 1.29 is 13.2 Å². The number of nitrogens with zero attached hydrogens (tertiary/aromatic N) is 2. The number of halogens is 1. The van der Waals surface area contributed by atoms with Crippen LogP contribution in [0.4, 0.5) is 0 Å². The summed E-state index contributed by atoms with van der Waals surface area (Å²) in [5.41, 5.74) is 1.67. The monoisotopic (exact) mass is 427 g/mol. The summed E-state index contributed by atoms with van der Waals surface area (Å²) in [6, 6.07) is 7.03. The molecule has 146 valence electrons. The highest BCUT2D eigenvalue weighted by Crippen LogP contribution is 2.24. The van der Waals surface area contributed by atoms with Crippen molar-refractivity contribution in [3.63, 3.8) is 0 Å². The quantitative estimate of drug-likeness (QED) is 0.812. The van der Waals surface area contributed by atoms with E-state index in [0.717, 1.165) is 29.5 Å². The molecule has 9 heteroatoms. The van der Waals surface area contributed by atoms with Gasteiger partial charge in [0.2, 0.25) is 10.0 Å². The first-order valence-electron chi connectivity index (χ1n) is 8.55. The molecule has 0 unspecified atom stereocenters. The van der Waals surface area contributed by atoms with Crippen molar-refractivity contribution in [3.8, 4) is 0 Å². The number of primary sulfonamides is 1. The SMILES string of the molecule is Cc1cc(C(=O)N2CCN(Cc3ccc(Cl)s3)CC2)cc(S(N)(=O)=O)c1C. The zero-order valence-corrected chi connectivity index (χ0v) is 17.6. The molecule has 27 heavy (non-hydrogen) atoms. The lowest BCUT2D eigenvalue weighted by atomic mass is 10.0. The molecule has 1 aromatic heterocycles. The third kappa shape index (κ3) is 4.70. The van der Waals surface area contributed by atoms with Crippen molar-refractivity contribution >= 4 is 38.9 Å². The van der Waals surface area contributed by atoms with Gasteiger partial charge < -0.3 is 4.90 Å². The molecule has 1 aromatic carbocycles. The molecule has 1 fully saturated rings. The van der Waals surface area contributed by atoms with Crippen molar-refractivity contribution in [2.24, 2.45) is 5.14 Å². The maximum absolute atomic E-state index is 12.9. The summed E-state index contributed by atoms with van der Waals surface area (Å²) >= 11 is 7.54. The number of hydrogen-bond acceptors (Lipinski definition) is 5. The maximum Gasteiger partial charge on any atom is 0.253 e. The van der Waals surface area contributed by atoms with Gasteiger partial charge in [0.15, 0.2) is 0 Å². The molecule has 0 radical (unpaired) electrons. The fraction of sp³-hybridized carbons (Fsp3) is 0.389. The minimum absolute atomic E-state index is 0.0130. The van der Waals surface area contributed by atoms with Gasteiger partial charge in [-0.25, -0.2) is 13.6 Å². The molecule has 3 rings (SSSR count). The zero-order valence-electron chi connectivity index (χ0n) is 15.2. The number of hydrogen-bond donors (Lipinski definition) is 1. The van der Waals surface area contributed by atoms with E-state index in [4.69, 9.17) is 16.7 Å². The predicted octanol–water partition coefficient (Wildman–Crippen LogP) is 2.62. The van der Waals surface area contributed by atoms with E-state index in [1.54, 1.807) is 36.2 Å². The smallest absolute Gasteiger partial charge is 0.253 e. The minimum atomic E-state index is -3.87. The van der Waals surface area contributed by atoms with Gasteiger partial charge in [0, 0.05) is 43.2 Å². The van der Waals surface area contributed by atoms with Gasteiger partial charge in [-0.05, 0) is 49.2 Å². The summed E-state index contributed by atoms with van der Waals surface area (Å²) in [6.45, 7) is 7.00. The zero-order chi connectivity index (χ0) is 19.8. The highest BCUT2D eigenvalue weighted by molar-refractivity contribution is 7.89. The third-order valence-corrected chi connectivity index (χ3v) is 7.09. The molecule has 2 heterocycles. The van der Waals surface area contributed by atoms with Gasteiger partial charge in [-0.3, -0.25) is 9.69 Å². The average molecular weight is 428 g/mol. The Kier molecular flexibility index (Phi) is 5.93. The number of piperazine rings is 1. The Hall–Kier alpha value is -1.45. The Bertz CT molecular complexity index is 964. The van der Waals surface area contributed by atoms with E-state index >= 15 is 0 Å². The van der Waals surface area contributed by atoms with Crippen LogP contribution < -0.4 is 5.14 Å². The van der Waals surface area contributed by atoms with Gasteiger partial charge in [0.05, 0.1) is 9.23 Å². The standard InChI is InChI=1S/C18H22ClN3O3S2/c1-12-9-14(10-16(13(12)2)27(20,24)25)18(23)22-7-5-21(6-8-22)11-15-3-4-17(19)26-15/h3-4,9-10H,5-8,11H2,1-2H3,(H2,20,24,25). The van der Waals surface area contributed by atoms with E-state index < -0.39 is 10.0 Å². The molecule has 2 N–H and O–H groups in total. The van der Waals surface area contributed by atoms with Gasteiger partial charge in [0.25, 0.3) is 5.91 Å². The summed E-state index contributed by atoms with van der Waals surface area (Å²) in [5.74, 6) is -0.165. The van der Waals surface area contributed by atoms with Gasteiger partial charge >= 0.3 is 0 Å². The number of rotatable bonds is 4. The highest BCUT2D eigenvalue weighted by Gasteiger charge is 2.24. The first-order chi connectivity index (χ1) is 12.6. The lowest BCUT2D eigenvalue weighted by molar-refractivity contribution is 0.0629. The lowest BCUT2D eigenvalue weighted by Crippen LogP contribution is -2.48. The number of thiophene rings is 1. The van der Waals surface area contributed by atoms with E-state index in [1.807, 2.05) is 12.1 Å². The molecule has 0 aliphatic carbocycles. The number of carbonyl (C=O) groups excluding carboxylic acids is 1. The van der Waals surface area contributed by atoms with Crippen molar-refractivity contribution in [2.45, 2.75) is 25.3 Å². The van der Waals surface area contributed by atoms with Crippen LogP contribution in [0.2, 0.25) is 4.34 Å². The van der Waals surface area contributed by atoms with Crippen LogP contribution in [0.3, 0.4) is 0 Å². The molecule has 0 spiro atoms. The Balaban J connectivity index is 1.70. The van der Waals surface area contributed by atoms with Gasteiger partial charge in [-0.15, -0.1) is 11.3 Å². The second kappa shape index (κ2) is 7.89. The Morgan fingerprint density at radius 3 is 2.41 bits per heavy atom. The summed E-state index contributed by atoms with van der Waals surface area (Å²) in [7, 11) is -3.87. The Morgan fingerprint density at radius 1 is 1.19 bits per heavy atom. The van der Waals surface area contributed by atoms with Gasteiger partial charge in [-0.1, -0.05) is 11.6 Å². The normalized spacial score (nSPS) is 15.9. The molecule has 0 saturated carbocycles. The molecular weight excluding hydrogens is 406 g/mol. The predicted molar refractivity (Wildman–Crippen MR) is 108 cm³/mol. The van der Waals surface area contributed by atoms with Crippen LogP contribution in [0.15, 0.2) is 29.2 Å². The second-order valence-electron chi connectivity index (χ2n) is 6.74. The summed E-state index contributed by atoms with van der Waals surface area (Å²) < 4.78 is 24.4. The number of sulfonamides is 1. The molecule has 1 saturated heterocycles. The van der Waals surface area contributed by atoms with Crippen LogP contribution in [0.5, 0.6) is 0 Å². The van der Waals surface area contributed by atoms with Crippen LogP contribution in [0.25, 0.3) is 0 Å². The lowest BCUT2D eigenvalue weighted by Gasteiger charge is -2.34. The van der Waals surface area contributed by atoms with Crippen molar-refractivity contribution in [1.82, 2.24) is 9.80 Å². The molecule has 1 aliphatic heterocycles. The number of amides is 1. The number of nitrogens with two attached hydrogens (primary N) is 1. The van der Waals surface area contributed by atoms with Crippen molar-refractivity contribution in [1.29, 1.82) is 0 Å². The van der Waals surface area contributed by atoms with E-state index in [1.165, 1.54) is 10.9 Å². The van der Waals surface area contributed by atoms with E-state index in [2.05, 4.69) is 4.90 Å². The highest BCUT2D eigenvalue weighted by atomic mass is 35.5. The van der Waals surface area contributed by atoms with Crippen LogP contribution >= 0.6 is 22.9 Å². The molecule has 1 amide bonds. The van der Waals surface area contributed by atoms with Gasteiger partial charge in [-0.2, -0.15) is 0 Å². The first kappa shape index (κ1) is 20.3. The molecule has 6 nitrogen and oxygen atoms in total. The minimum Gasteiger partial charge on any atom is -0.336 e. The molecule has 0 bridgehead atoms. The largest absolute Gasteiger partial charge is 0.336 e. The number of aryl methyl sites for hydroxylation is 1. The molecule has 1 aliphatic rings. The van der Waals surface area contributed by atoms with Crippen molar-refractivity contribution in [3.05, 3.63) is 50.2 Å². The van der Waals surface area contributed by atoms with Crippen LogP contribution in [0, 0.1) is 13.8 Å². The van der Waals surface area contributed by atoms with E-state index in [9.17, 15) is 13.2 Å². The number of benzene rings is 1. The van der Waals surface area contributed by atoms with Gasteiger partial charge in [0.1, 0.15) is 0 Å². The maximum atomic E-state index is 12.9. The topological polar surface area (TPSA) is 83.7 Å². The summed E-state index contributed by atoms with van der Waals surface area (Å²) in [5, 5.41) is 5.30. The summed E-state index contributed by atoms with van der Waals surface area (Å²) in [6.07, 6.45) is 0. The third-order valence-electron chi connectivity index (χ3n) is 4.84.